The SMILES string of the molecule is Cc1cc(Cl)ccc1OCc1ccc(B2OC(C)(C)C(C)(C)O2)cc1. The van der Waals surface area contributed by atoms with Crippen molar-refractivity contribution in [3.05, 3.63) is 58.6 Å². The Hall–Kier alpha value is -1.49. The van der Waals surface area contributed by atoms with Crippen molar-refractivity contribution < 1.29 is 14.0 Å². The Morgan fingerprint density at radius 3 is 2.12 bits per heavy atom. The van der Waals surface area contributed by atoms with E-state index in [0.29, 0.717) is 6.61 Å². The highest BCUT2D eigenvalue weighted by atomic mass is 35.5. The average Bonchev–Trinajstić information content (AvgIpc) is 2.75. The number of ether oxygens (including phenoxy) is 1. The third-order valence-corrected chi connectivity index (χ3v) is 5.27. The first-order valence-corrected chi connectivity index (χ1v) is 8.89. The van der Waals surface area contributed by atoms with Gasteiger partial charge in [-0.2, -0.15) is 0 Å². The number of rotatable bonds is 4. The minimum Gasteiger partial charge on any atom is -0.489 e. The predicted molar refractivity (Wildman–Crippen MR) is 103 cm³/mol. The number of halogens is 1. The summed E-state index contributed by atoms with van der Waals surface area (Å²) < 4.78 is 18.0. The second kappa shape index (κ2) is 6.67. The van der Waals surface area contributed by atoms with E-state index in [9.17, 15) is 0 Å². The first-order chi connectivity index (χ1) is 11.7. The Balaban J connectivity index is 1.65. The van der Waals surface area contributed by atoms with Crippen molar-refractivity contribution in [3.63, 3.8) is 0 Å². The fourth-order valence-electron chi connectivity index (χ4n) is 2.69. The van der Waals surface area contributed by atoms with Gasteiger partial charge in [0.1, 0.15) is 12.4 Å². The molecule has 0 atom stereocenters. The maximum Gasteiger partial charge on any atom is 0.494 e. The second-order valence-electron chi connectivity index (χ2n) is 7.53. The third-order valence-electron chi connectivity index (χ3n) is 5.04. The molecule has 0 bridgehead atoms. The first-order valence-electron chi connectivity index (χ1n) is 8.51. The van der Waals surface area contributed by atoms with Gasteiger partial charge in [0.05, 0.1) is 11.2 Å². The molecule has 1 saturated heterocycles. The molecule has 1 heterocycles. The third kappa shape index (κ3) is 3.86. The summed E-state index contributed by atoms with van der Waals surface area (Å²) in [4.78, 5) is 0. The molecule has 0 N–H and O–H groups in total. The molecule has 0 aromatic heterocycles. The Morgan fingerprint density at radius 1 is 0.960 bits per heavy atom. The number of hydrogen-bond acceptors (Lipinski definition) is 3. The molecule has 3 rings (SSSR count). The van der Waals surface area contributed by atoms with Gasteiger partial charge in [0.15, 0.2) is 0 Å². The Morgan fingerprint density at radius 2 is 1.56 bits per heavy atom. The Labute approximate surface area is 155 Å². The van der Waals surface area contributed by atoms with Crippen LogP contribution in [-0.4, -0.2) is 18.3 Å². The van der Waals surface area contributed by atoms with Crippen LogP contribution in [0.2, 0.25) is 5.02 Å². The maximum atomic E-state index is 6.08. The van der Waals surface area contributed by atoms with Crippen molar-refractivity contribution in [2.75, 3.05) is 0 Å². The smallest absolute Gasteiger partial charge is 0.489 e. The van der Waals surface area contributed by atoms with Gasteiger partial charge in [-0.3, -0.25) is 0 Å². The Kier molecular flexibility index (Phi) is 4.89. The zero-order chi connectivity index (χ0) is 18.2. The lowest BCUT2D eigenvalue weighted by molar-refractivity contribution is 0.00578. The largest absolute Gasteiger partial charge is 0.494 e. The van der Waals surface area contributed by atoms with E-state index in [1.54, 1.807) is 0 Å². The fraction of sp³-hybridized carbons (Fsp3) is 0.400. The number of benzene rings is 2. The zero-order valence-electron chi connectivity index (χ0n) is 15.4. The lowest BCUT2D eigenvalue weighted by Crippen LogP contribution is -2.41. The van der Waals surface area contributed by atoms with E-state index in [0.717, 1.165) is 27.4 Å². The zero-order valence-corrected chi connectivity index (χ0v) is 16.2. The summed E-state index contributed by atoms with van der Waals surface area (Å²) in [5.41, 5.74) is 2.48. The monoisotopic (exact) mass is 358 g/mol. The molecule has 25 heavy (non-hydrogen) atoms. The normalized spacial score (nSPS) is 18.4. The van der Waals surface area contributed by atoms with Gasteiger partial charge >= 0.3 is 7.12 Å². The molecule has 0 radical (unpaired) electrons. The molecule has 2 aromatic carbocycles. The minimum atomic E-state index is -0.335. The highest BCUT2D eigenvalue weighted by Gasteiger charge is 2.51. The van der Waals surface area contributed by atoms with Gasteiger partial charge in [0.2, 0.25) is 0 Å². The first kappa shape index (κ1) is 18.3. The lowest BCUT2D eigenvalue weighted by Gasteiger charge is -2.32. The van der Waals surface area contributed by atoms with Crippen LogP contribution in [-0.2, 0) is 15.9 Å². The minimum absolute atomic E-state index is 0.328. The summed E-state index contributed by atoms with van der Waals surface area (Å²) in [6.45, 7) is 10.7. The van der Waals surface area contributed by atoms with Crippen LogP contribution in [0.1, 0.15) is 38.8 Å². The van der Waals surface area contributed by atoms with Gasteiger partial charge in [-0.1, -0.05) is 35.9 Å². The molecule has 0 unspecified atom stereocenters. The van der Waals surface area contributed by atoms with E-state index in [2.05, 4.69) is 27.7 Å². The highest BCUT2D eigenvalue weighted by molar-refractivity contribution is 6.62. The summed E-state index contributed by atoms with van der Waals surface area (Å²) in [5, 5.41) is 0.719. The molecule has 132 valence electrons. The van der Waals surface area contributed by atoms with Crippen molar-refractivity contribution >= 4 is 24.2 Å². The molecule has 0 aliphatic carbocycles. The van der Waals surface area contributed by atoms with Crippen molar-refractivity contribution in [2.45, 2.75) is 52.4 Å². The predicted octanol–water partition coefficient (Wildman–Crippen LogP) is 4.53. The van der Waals surface area contributed by atoms with Crippen LogP contribution in [0.3, 0.4) is 0 Å². The fourth-order valence-corrected chi connectivity index (χ4v) is 2.91. The lowest BCUT2D eigenvalue weighted by atomic mass is 9.79. The summed E-state index contributed by atoms with van der Waals surface area (Å²) >= 11 is 5.97. The molecular weight excluding hydrogens is 334 g/mol. The van der Waals surface area contributed by atoms with E-state index in [-0.39, 0.29) is 18.3 Å². The standard InChI is InChI=1S/C20H24BClO3/c1-14-12-17(22)10-11-18(14)23-13-15-6-8-16(9-7-15)21-24-19(2,3)20(4,5)25-21/h6-12H,13H2,1-5H3. The van der Waals surface area contributed by atoms with E-state index in [1.807, 2.05) is 49.4 Å². The van der Waals surface area contributed by atoms with Crippen molar-refractivity contribution in [2.24, 2.45) is 0 Å². The van der Waals surface area contributed by atoms with Crippen molar-refractivity contribution in [1.29, 1.82) is 0 Å². The van der Waals surface area contributed by atoms with Gasteiger partial charge in [-0.15, -0.1) is 0 Å². The van der Waals surface area contributed by atoms with Crippen LogP contribution >= 0.6 is 11.6 Å². The van der Waals surface area contributed by atoms with Gasteiger partial charge in [-0.25, -0.2) is 0 Å². The molecule has 0 amide bonds. The van der Waals surface area contributed by atoms with Crippen LogP contribution in [0.25, 0.3) is 0 Å². The van der Waals surface area contributed by atoms with Gasteiger partial charge < -0.3 is 14.0 Å². The van der Waals surface area contributed by atoms with E-state index >= 15 is 0 Å². The summed E-state index contributed by atoms with van der Waals surface area (Å²) in [5.74, 6) is 0.847. The molecular formula is C20H24BClO3. The van der Waals surface area contributed by atoms with Gasteiger partial charge in [0.25, 0.3) is 0 Å². The summed E-state index contributed by atoms with van der Waals surface area (Å²) in [6.07, 6.45) is 0. The maximum absolute atomic E-state index is 6.08. The highest BCUT2D eigenvalue weighted by Crippen LogP contribution is 2.36. The second-order valence-corrected chi connectivity index (χ2v) is 7.96. The van der Waals surface area contributed by atoms with E-state index in [4.69, 9.17) is 25.6 Å². The molecule has 2 aromatic rings. The average molecular weight is 359 g/mol. The Bertz CT molecular complexity index is 740. The number of aryl methyl sites for hydroxylation is 1. The van der Waals surface area contributed by atoms with Crippen LogP contribution in [0, 0.1) is 6.92 Å². The van der Waals surface area contributed by atoms with Crippen LogP contribution in [0.4, 0.5) is 0 Å². The van der Waals surface area contributed by atoms with Crippen LogP contribution in [0.15, 0.2) is 42.5 Å². The van der Waals surface area contributed by atoms with Crippen LogP contribution in [0.5, 0.6) is 5.75 Å². The molecule has 1 aliphatic heterocycles. The topological polar surface area (TPSA) is 27.7 Å². The molecule has 1 fully saturated rings. The molecule has 5 heteroatoms. The number of hydrogen-bond donors (Lipinski definition) is 0. The van der Waals surface area contributed by atoms with Crippen molar-refractivity contribution in [1.82, 2.24) is 0 Å². The summed E-state index contributed by atoms with van der Waals surface area (Å²) in [6, 6.07) is 13.8. The van der Waals surface area contributed by atoms with Crippen LogP contribution < -0.4 is 10.2 Å². The van der Waals surface area contributed by atoms with Gasteiger partial charge in [-0.05, 0) is 69.4 Å². The van der Waals surface area contributed by atoms with Crippen molar-refractivity contribution in [3.8, 4) is 5.75 Å². The quantitative estimate of drug-likeness (QED) is 0.752. The van der Waals surface area contributed by atoms with E-state index in [1.165, 1.54) is 0 Å². The molecule has 1 aliphatic rings. The molecule has 0 saturated carbocycles. The molecule has 0 spiro atoms. The van der Waals surface area contributed by atoms with E-state index < -0.39 is 0 Å². The van der Waals surface area contributed by atoms with Gasteiger partial charge in [0, 0.05) is 5.02 Å². The summed E-state index contributed by atoms with van der Waals surface area (Å²) in [7, 11) is -0.335. The molecule has 3 nitrogen and oxygen atoms in total.